The van der Waals surface area contributed by atoms with Crippen LogP contribution in [0.4, 0.5) is 23.0 Å². The first-order valence-electron chi connectivity index (χ1n) is 10.4. The van der Waals surface area contributed by atoms with Crippen LogP contribution in [0.5, 0.6) is 0 Å². The monoisotopic (exact) mass is 462 g/mol. The number of para-hydroxylation sites is 1. The van der Waals surface area contributed by atoms with Gasteiger partial charge in [0, 0.05) is 35.6 Å². The summed E-state index contributed by atoms with van der Waals surface area (Å²) >= 11 is 0. The molecule has 0 spiro atoms. The first kappa shape index (κ1) is 21.0. The van der Waals surface area contributed by atoms with E-state index in [2.05, 4.69) is 25.3 Å². The predicted molar refractivity (Wildman–Crippen MR) is 128 cm³/mol. The summed E-state index contributed by atoms with van der Waals surface area (Å²) in [5.41, 5.74) is 4.83. The molecule has 0 fully saturated rings. The third kappa shape index (κ3) is 4.65. The minimum Gasteiger partial charge on any atom is -0.328 e. The van der Waals surface area contributed by atoms with Gasteiger partial charge in [-0.05, 0) is 47.9 Å². The number of hydrogen-bond donors (Lipinski definition) is 3. The Morgan fingerprint density at radius 2 is 1.97 bits per heavy atom. The van der Waals surface area contributed by atoms with Crippen LogP contribution in [0.25, 0.3) is 11.0 Å². The molecule has 10 heteroatoms. The summed E-state index contributed by atoms with van der Waals surface area (Å²) in [7, 11) is -3.39. The lowest BCUT2D eigenvalue weighted by atomic mass is 10.0. The number of sulfonamides is 1. The number of benzene rings is 2. The number of nitrogens with one attached hydrogen (secondary N) is 3. The predicted octanol–water partition coefficient (Wildman–Crippen LogP) is 3.48. The van der Waals surface area contributed by atoms with Crippen molar-refractivity contribution in [2.24, 2.45) is 0 Å². The molecule has 33 heavy (non-hydrogen) atoms. The molecule has 1 aliphatic rings. The van der Waals surface area contributed by atoms with Crippen molar-refractivity contribution in [3.63, 3.8) is 0 Å². The number of carbonyl (C=O) groups is 1. The molecular formula is C23H22N6O3S. The van der Waals surface area contributed by atoms with E-state index < -0.39 is 10.0 Å². The van der Waals surface area contributed by atoms with E-state index >= 15 is 0 Å². The number of anilines is 4. The fourth-order valence-corrected chi connectivity index (χ4v) is 4.49. The molecule has 9 nitrogen and oxygen atoms in total. The van der Waals surface area contributed by atoms with E-state index in [-0.39, 0.29) is 5.91 Å². The quantitative estimate of drug-likeness (QED) is 0.404. The second kappa shape index (κ2) is 8.21. The van der Waals surface area contributed by atoms with Crippen molar-refractivity contribution >= 4 is 50.0 Å². The van der Waals surface area contributed by atoms with Gasteiger partial charge in [0.25, 0.3) is 0 Å². The summed E-state index contributed by atoms with van der Waals surface area (Å²) in [5, 5.41) is 6.99. The van der Waals surface area contributed by atoms with Gasteiger partial charge in [-0.3, -0.25) is 9.52 Å². The number of rotatable bonds is 6. The van der Waals surface area contributed by atoms with Crippen LogP contribution in [0.1, 0.15) is 17.5 Å². The molecule has 2 aromatic heterocycles. The summed E-state index contributed by atoms with van der Waals surface area (Å²) in [4.78, 5) is 20.7. The largest absolute Gasteiger partial charge is 0.328 e. The van der Waals surface area contributed by atoms with Gasteiger partial charge in [-0.1, -0.05) is 18.2 Å². The van der Waals surface area contributed by atoms with E-state index in [9.17, 15) is 13.2 Å². The van der Waals surface area contributed by atoms with Gasteiger partial charge in [0.15, 0.2) is 0 Å². The molecule has 168 valence electrons. The van der Waals surface area contributed by atoms with E-state index in [4.69, 9.17) is 0 Å². The van der Waals surface area contributed by atoms with Gasteiger partial charge in [-0.2, -0.15) is 4.98 Å². The van der Waals surface area contributed by atoms with Gasteiger partial charge in [-0.15, -0.1) is 0 Å². The second-order valence-electron chi connectivity index (χ2n) is 7.99. The first-order valence-corrected chi connectivity index (χ1v) is 12.3. The maximum Gasteiger partial charge on any atom is 0.229 e. The highest BCUT2D eigenvalue weighted by Gasteiger charge is 2.15. The van der Waals surface area contributed by atoms with Crippen LogP contribution < -0.4 is 15.4 Å². The molecule has 0 aliphatic carbocycles. The molecule has 0 radical (unpaired) electrons. The molecule has 4 aromatic rings. The van der Waals surface area contributed by atoms with Gasteiger partial charge in [0.1, 0.15) is 5.65 Å². The number of carbonyl (C=O) groups excluding carboxylic acids is 1. The lowest BCUT2D eigenvalue weighted by molar-refractivity contribution is -0.116. The van der Waals surface area contributed by atoms with Gasteiger partial charge >= 0.3 is 0 Å². The van der Waals surface area contributed by atoms with Crippen LogP contribution in [-0.2, 0) is 27.8 Å². The van der Waals surface area contributed by atoms with Crippen molar-refractivity contribution in [2.75, 3.05) is 21.6 Å². The Labute approximate surface area is 190 Å². The summed E-state index contributed by atoms with van der Waals surface area (Å²) in [5.74, 6) is 0.482. The van der Waals surface area contributed by atoms with E-state index in [1.165, 1.54) is 0 Å². The van der Waals surface area contributed by atoms with Crippen LogP contribution in [0, 0.1) is 0 Å². The van der Waals surface area contributed by atoms with Crippen molar-refractivity contribution in [2.45, 2.75) is 19.4 Å². The van der Waals surface area contributed by atoms with Crippen LogP contribution in [-0.4, -0.2) is 35.1 Å². The molecule has 0 saturated carbocycles. The van der Waals surface area contributed by atoms with Crippen molar-refractivity contribution in [3.8, 4) is 0 Å². The minimum absolute atomic E-state index is 0.0334. The van der Waals surface area contributed by atoms with Crippen LogP contribution in [0.15, 0.2) is 60.9 Å². The first-order chi connectivity index (χ1) is 15.8. The summed E-state index contributed by atoms with van der Waals surface area (Å²) in [6.45, 7) is 0.442. The zero-order valence-electron chi connectivity index (χ0n) is 17.9. The Morgan fingerprint density at radius 3 is 2.82 bits per heavy atom. The number of aromatic nitrogens is 3. The number of amides is 1. The SMILES string of the molecule is CS(=O)(=O)Nc1ccccc1Cn1ccc2cnc(Nc3ccc4c(c3)CCC(=O)N4)nc21. The van der Waals surface area contributed by atoms with E-state index in [0.717, 1.165) is 39.8 Å². The Hall–Kier alpha value is -3.92. The van der Waals surface area contributed by atoms with Crippen molar-refractivity contribution in [1.29, 1.82) is 0 Å². The number of hydrogen-bond acceptors (Lipinski definition) is 6. The topological polar surface area (TPSA) is 118 Å². The normalized spacial score (nSPS) is 13.4. The second-order valence-corrected chi connectivity index (χ2v) is 9.74. The lowest BCUT2D eigenvalue weighted by Gasteiger charge is -2.17. The zero-order chi connectivity index (χ0) is 23.0. The van der Waals surface area contributed by atoms with Crippen LogP contribution in [0.3, 0.4) is 0 Å². The number of aryl methyl sites for hydroxylation is 1. The van der Waals surface area contributed by atoms with Crippen molar-refractivity contribution in [1.82, 2.24) is 14.5 Å². The molecule has 1 aliphatic heterocycles. The summed E-state index contributed by atoms with van der Waals surface area (Å²) in [6.07, 6.45) is 5.96. The average molecular weight is 463 g/mol. The zero-order valence-corrected chi connectivity index (χ0v) is 18.7. The molecular weight excluding hydrogens is 440 g/mol. The third-order valence-electron chi connectivity index (χ3n) is 5.41. The Kier molecular flexibility index (Phi) is 5.21. The van der Waals surface area contributed by atoms with E-state index in [0.29, 0.717) is 31.0 Å². The van der Waals surface area contributed by atoms with Crippen LogP contribution >= 0.6 is 0 Å². The van der Waals surface area contributed by atoms with E-state index in [1.54, 1.807) is 18.3 Å². The van der Waals surface area contributed by atoms with E-state index in [1.807, 2.05) is 47.2 Å². The van der Waals surface area contributed by atoms with Crippen molar-refractivity contribution < 1.29 is 13.2 Å². The molecule has 0 bridgehead atoms. The maximum atomic E-state index is 11.7. The molecule has 3 heterocycles. The van der Waals surface area contributed by atoms with Gasteiger partial charge in [0.2, 0.25) is 21.9 Å². The summed E-state index contributed by atoms with van der Waals surface area (Å²) in [6, 6.07) is 15.0. The Balaban J connectivity index is 1.42. The molecule has 0 unspecified atom stereocenters. The highest BCUT2D eigenvalue weighted by atomic mass is 32.2. The fourth-order valence-electron chi connectivity index (χ4n) is 3.89. The van der Waals surface area contributed by atoms with Gasteiger partial charge in [0.05, 0.1) is 18.5 Å². The summed E-state index contributed by atoms with van der Waals surface area (Å²) < 4.78 is 28.0. The van der Waals surface area contributed by atoms with Gasteiger partial charge < -0.3 is 15.2 Å². The molecule has 0 saturated heterocycles. The third-order valence-corrected chi connectivity index (χ3v) is 6.00. The fraction of sp³-hybridized carbons (Fsp3) is 0.174. The minimum atomic E-state index is -3.39. The maximum absolute atomic E-state index is 11.7. The van der Waals surface area contributed by atoms with Gasteiger partial charge in [-0.25, -0.2) is 13.4 Å². The highest BCUT2D eigenvalue weighted by Crippen LogP contribution is 2.27. The van der Waals surface area contributed by atoms with Crippen molar-refractivity contribution in [3.05, 3.63) is 72.1 Å². The molecule has 5 rings (SSSR count). The Morgan fingerprint density at radius 1 is 1.12 bits per heavy atom. The molecule has 3 N–H and O–H groups in total. The molecule has 2 aromatic carbocycles. The van der Waals surface area contributed by atoms with Crippen LogP contribution in [0.2, 0.25) is 0 Å². The Bertz CT molecular complexity index is 1480. The highest BCUT2D eigenvalue weighted by molar-refractivity contribution is 7.92. The smallest absolute Gasteiger partial charge is 0.229 e. The standard InChI is InChI=1S/C23H22N6O3S/c1-33(31,32)28-20-5-3-2-4-17(20)14-29-11-10-16-13-24-23(27-22(16)29)25-18-7-8-19-15(12-18)6-9-21(30)26-19/h2-5,7-8,10-13,28H,6,9,14H2,1H3,(H,26,30)(H,24,25,27). The lowest BCUT2D eigenvalue weighted by Crippen LogP contribution is -2.18. The molecule has 1 amide bonds. The number of fused-ring (bicyclic) bond motifs is 2. The molecule has 0 atom stereocenters. The average Bonchev–Trinajstić information content (AvgIpc) is 3.16. The number of nitrogens with zero attached hydrogens (tertiary/aromatic N) is 3.